The van der Waals surface area contributed by atoms with Gasteiger partial charge in [-0.05, 0) is 26.2 Å². The Balaban J connectivity index is 2.30. The van der Waals surface area contributed by atoms with Gasteiger partial charge in [-0.15, -0.1) is 0 Å². The van der Waals surface area contributed by atoms with E-state index >= 15 is 0 Å². The number of carbonyl (C=O) groups excluding carboxylic acids is 1. The molecule has 0 amide bonds. The Kier molecular flexibility index (Phi) is 3.09. The molecule has 12 heavy (non-hydrogen) atoms. The van der Waals surface area contributed by atoms with E-state index in [4.69, 9.17) is 9.47 Å². The van der Waals surface area contributed by atoms with Gasteiger partial charge in [0.15, 0.2) is 5.60 Å². The third-order valence-corrected chi connectivity index (χ3v) is 1.93. The minimum Gasteiger partial charge on any atom is -0.464 e. The second kappa shape index (κ2) is 3.90. The lowest BCUT2D eigenvalue weighted by atomic mass is 10.3. The van der Waals surface area contributed by atoms with Gasteiger partial charge >= 0.3 is 5.97 Å². The number of esters is 1. The van der Waals surface area contributed by atoms with Gasteiger partial charge in [-0.1, -0.05) is 6.92 Å². The van der Waals surface area contributed by atoms with E-state index in [9.17, 15) is 4.79 Å². The summed E-state index contributed by atoms with van der Waals surface area (Å²) in [6, 6.07) is 0. The number of carbonyl (C=O) groups is 1. The number of hydrogen-bond acceptors (Lipinski definition) is 3. The maximum absolute atomic E-state index is 11.3. The van der Waals surface area contributed by atoms with Gasteiger partial charge < -0.3 is 9.47 Å². The predicted octanol–water partition coefficient (Wildman–Crippen LogP) is 1.51. The molecule has 0 aromatic rings. The highest BCUT2D eigenvalue weighted by atomic mass is 16.6. The SMILES string of the molecule is CCCOC(=O)C1(OCC)CC1. The zero-order valence-corrected chi connectivity index (χ0v) is 7.76. The highest BCUT2D eigenvalue weighted by Crippen LogP contribution is 2.40. The highest BCUT2D eigenvalue weighted by Gasteiger charge is 2.52. The van der Waals surface area contributed by atoms with Crippen molar-refractivity contribution in [3.63, 3.8) is 0 Å². The summed E-state index contributed by atoms with van der Waals surface area (Å²) in [5.74, 6) is -0.175. The molecule has 0 unspecified atom stereocenters. The summed E-state index contributed by atoms with van der Waals surface area (Å²) >= 11 is 0. The smallest absolute Gasteiger partial charge is 0.338 e. The summed E-state index contributed by atoms with van der Waals surface area (Å²) in [5.41, 5.74) is -0.552. The molecule has 0 saturated heterocycles. The zero-order chi connectivity index (χ0) is 9.03. The normalized spacial score (nSPS) is 18.8. The summed E-state index contributed by atoms with van der Waals surface area (Å²) in [4.78, 5) is 11.3. The summed E-state index contributed by atoms with van der Waals surface area (Å²) in [6.07, 6.45) is 2.51. The van der Waals surface area contributed by atoms with Gasteiger partial charge in [0.25, 0.3) is 0 Å². The van der Waals surface area contributed by atoms with Crippen LogP contribution in [0.5, 0.6) is 0 Å². The molecule has 0 N–H and O–H groups in total. The van der Waals surface area contributed by atoms with Crippen molar-refractivity contribution in [1.82, 2.24) is 0 Å². The van der Waals surface area contributed by atoms with Crippen molar-refractivity contribution in [1.29, 1.82) is 0 Å². The largest absolute Gasteiger partial charge is 0.464 e. The van der Waals surface area contributed by atoms with Crippen LogP contribution >= 0.6 is 0 Å². The fraction of sp³-hybridized carbons (Fsp3) is 0.889. The van der Waals surface area contributed by atoms with E-state index in [1.807, 2.05) is 13.8 Å². The van der Waals surface area contributed by atoms with Crippen molar-refractivity contribution in [2.24, 2.45) is 0 Å². The molecular formula is C9H16O3. The molecule has 1 fully saturated rings. The second-order valence-corrected chi connectivity index (χ2v) is 3.06. The standard InChI is InChI=1S/C9H16O3/c1-3-7-11-8(10)9(5-6-9)12-4-2/h3-7H2,1-2H3. The Morgan fingerprint density at radius 3 is 2.50 bits per heavy atom. The van der Waals surface area contributed by atoms with E-state index in [1.54, 1.807) is 0 Å². The van der Waals surface area contributed by atoms with E-state index in [1.165, 1.54) is 0 Å². The summed E-state index contributed by atoms with van der Waals surface area (Å²) in [5, 5.41) is 0. The van der Waals surface area contributed by atoms with Crippen LogP contribution in [0, 0.1) is 0 Å². The van der Waals surface area contributed by atoms with Crippen molar-refractivity contribution in [3.8, 4) is 0 Å². The lowest BCUT2D eigenvalue weighted by Gasteiger charge is -2.13. The molecule has 3 nitrogen and oxygen atoms in total. The molecule has 3 heteroatoms. The van der Waals surface area contributed by atoms with Crippen LogP contribution < -0.4 is 0 Å². The van der Waals surface area contributed by atoms with Gasteiger partial charge in [0.05, 0.1) is 6.61 Å². The third kappa shape index (κ3) is 1.97. The molecule has 70 valence electrons. The van der Waals surface area contributed by atoms with Crippen LogP contribution in [0.2, 0.25) is 0 Å². The minimum atomic E-state index is -0.552. The van der Waals surface area contributed by atoms with Crippen LogP contribution in [-0.2, 0) is 14.3 Å². The van der Waals surface area contributed by atoms with Crippen molar-refractivity contribution in [2.75, 3.05) is 13.2 Å². The monoisotopic (exact) mass is 172 g/mol. The van der Waals surface area contributed by atoms with E-state index < -0.39 is 5.60 Å². The van der Waals surface area contributed by atoms with Gasteiger partial charge in [0.2, 0.25) is 0 Å². The predicted molar refractivity (Wildman–Crippen MR) is 44.8 cm³/mol. The van der Waals surface area contributed by atoms with Crippen LogP contribution in [-0.4, -0.2) is 24.8 Å². The number of hydrogen-bond donors (Lipinski definition) is 0. The van der Waals surface area contributed by atoms with Gasteiger partial charge in [0, 0.05) is 6.61 Å². The maximum Gasteiger partial charge on any atom is 0.338 e. The lowest BCUT2D eigenvalue weighted by Crippen LogP contribution is -2.28. The van der Waals surface area contributed by atoms with Gasteiger partial charge in [-0.2, -0.15) is 0 Å². The van der Waals surface area contributed by atoms with Crippen molar-refractivity contribution in [3.05, 3.63) is 0 Å². The lowest BCUT2D eigenvalue weighted by molar-refractivity contribution is -0.160. The van der Waals surface area contributed by atoms with Crippen LogP contribution in [0.4, 0.5) is 0 Å². The molecule has 0 heterocycles. The Bertz CT molecular complexity index is 161. The number of rotatable bonds is 5. The average molecular weight is 172 g/mol. The Labute approximate surface area is 73.0 Å². The first kappa shape index (κ1) is 9.52. The summed E-state index contributed by atoms with van der Waals surface area (Å²) in [7, 11) is 0. The first-order valence-corrected chi connectivity index (χ1v) is 4.56. The van der Waals surface area contributed by atoms with Crippen LogP contribution in [0.3, 0.4) is 0 Å². The molecule has 1 aliphatic rings. The third-order valence-electron chi connectivity index (χ3n) is 1.93. The molecule has 0 radical (unpaired) electrons. The highest BCUT2D eigenvalue weighted by molar-refractivity contribution is 5.82. The average Bonchev–Trinajstić information content (AvgIpc) is 2.82. The first-order valence-electron chi connectivity index (χ1n) is 4.56. The maximum atomic E-state index is 11.3. The van der Waals surface area contributed by atoms with Crippen molar-refractivity contribution >= 4 is 5.97 Å². The molecule has 0 aliphatic heterocycles. The van der Waals surface area contributed by atoms with Crippen LogP contribution in [0.25, 0.3) is 0 Å². The molecule has 1 saturated carbocycles. The topological polar surface area (TPSA) is 35.5 Å². The van der Waals surface area contributed by atoms with Gasteiger partial charge in [-0.25, -0.2) is 4.79 Å². The van der Waals surface area contributed by atoms with E-state index in [0.29, 0.717) is 13.2 Å². The summed E-state index contributed by atoms with van der Waals surface area (Å²) in [6.45, 7) is 4.97. The van der Waals surface area contributed by atoms with Gasteiger partial charge in [-0.3, -0.25) is 0 Å². The van der Waals surface area contributed by atoms with E-state index in [2.05, 4.69) is 0 Å². The quantitative estimate of drug-likeness (QED) is 0.590. The molecule has 0 aromatic carbocycles. The Hall–Kier alpha value is -0.570. The fourth-order valence-corrected chi connectivity index (χ4v) is 1.12. The number of ether oxygens (including phenoxy) is 2. The van der Waals surface area contributed by atoms with Crippen molar-refractivity contribution in [2.45, 2.75) is 38.7 Å². The van der Waals surface area contributed by atoms with Crippen molar-refractivity contribution < 1.29 is 14.3 Å². The van der Waals surface area contributed by atoms with Crippen LogP contribution in [0.15, 0.2) is 0 Å². The fourth-order valence-electron chi connectivity index (χ4n) is 1.12. The van der Waals surface area contributed by atoms with Crippen LogP contribution in [0.1, 0.15) is 33.1 Å². The molecular weight excluding hydrogens is 156 g/mol. The Morgan fingerprint density at radius 1 is 1.42 bits per heavy atom. The molecule has 0 spiro atoms. The van der Waals surface area contributed by atoms with Gasteiger partial charge in [0.1, 0.15) is 0 Å². The minimum absolute atomic E-state index is 0.175. The molecule has 1 aliphatic carbocycles. The molecule has 0 aromatic heterocycles. The summed E-state index contributed by atoms with van der Waals surface area (Å²) < 4.78 is 10.3. The molecule has 1 rings (SSSR count). The Morgan fingerprint density at radius 2 is 2.08 bits per heavy atom. The molecule has 0 atom stereocenters. The van der Waals surface area contributed by atoms with E-state index in [-0.39, 0.29) is 5.97 Å². The second-order valence-electron chi connectivity index (χ2n) is 3.06. The zero-order valence-electron chi connectivity index (χ0n) is 7.76. The molecule has 0 bridgehead atoms. The first-order chi connectivity index (χ1) is 5.75. The van der Waals surface area contributed by atoms with E-state index in [0.717, 1.165) is 19.3 Å².